The van der Waals surface area contributed by atoms with Gasteiger partial charge in [-0.25, -0.2) is 9.13 Å². The van der Waals surface area contributed by atoms with Crippen molar-refractivity contribution >= 4 is 39.5 Å². The van der Waals surface area contributed by atoms with Crippen LogP contribution in [0.1, 0.15) is 374 Å². The average Bonchev–Trinajstić information content (AvgIpc) is 0.917. The Morgan fingerprint density at radius 2 is 0.490 bits per heavy atom. The van der Waals surface area contributed by atoms with Gasteiger partial charge in [-0.3, -0.25) is 37.3 Å². The molecule has 0 aromatic heterocycles. The van der Waals surface area contributed by atoms with Crippen molar-refractivity contribution in [2.45, 2.75) is 393 Å². The van der Waals surface area contributed by atoms with E-state index in [2.05, 4.69) is 88.5 Å². The molecule has 0 radical (unpaired) electrons. The summed E-state index contributed by atoms with van der Waals surface area (Å²) in [4.78, 5) is 73.0. The van der Waals surface area contributed by atoms with Crippen LogP contribution in [-0.2, 0) is 65.4 Å². The van der Waals surface area contributed by atoms with Gasteiger partial charge < -0.3 is 33.8 Å². The number of hydrogen-bond donors (Lipinski definition) is 3. The van der Waals surface area contributed by atoms with Gasteiger partial charge in [0.05, 0.1) is 26.4 Å². The van der Waals surface area contributed by atoms with Gasteiger partial charge in [-0.1, -0.05) is 325 Å². The van der Waals surface area contributed by atoms with E-state index in [0.29, 0.717) is 32.1 Å². The highest BCUT2D eigenvalue weighted by molar-refractivity contribution is 7.47. The van der Waals surface area contributed by atoms with Crippen molar-refractivity contribution in [3.05, 3.63) is 72.9 Å². The number of ether oxygens (including phenoxy) is 4. The first-order chi connectivity index (χ1) is 49.7. The molecule has 0 saturated carbocycles. The molecule has 0 heterocycles. The molecule has 2 unspecified atom stereocenters. The average molecular weight is 1480 g/mol. The van der Waals surface area contributed by atoms with Gasteiger partial charge in [0, 0.05) is 25.7 Å². The van der Waals surface area contributed by atoms with Crippen LogP contribution < -0.4 is 0 Å². The minimum Gasteiger partial charge on any atom is -0.462 e. The summed E-state index contributed by atoms with van der Waals surface area (Å²) in [6, 6.07) is 0. The molecule has 5 atom stereocenters. The zero-order chi connectivity index (χ0) is 74.6. The summed E-state index contributed by atoms with van der Waals surface area (Å²) >= 11 is 0. The molecule has 0 spiro atoms. The van der Waals surface area contributed by atoms with Crippen LogP contribution in [0.15, 0.2) is 72.9 Å². The molecule has 0 saturated heterocycles. The van der Waals surface area contributed by atoms with Crippen molar-refractivity contribution in [2.75, 3.05) is 39.6 Å². The number of esters is 4. The van der Waals surface area contributed by atoms with Gasteiger partial charge in [0.15, 0.2) is 12.2 Å². The number of allylic oxidation sites excluding steroid dienone is 12. The number of phosphoric acid groups is 2. The SMILES string of the molecule is CCCCC/C=C\C/C=C\C/C=C\C/C=C\CCCC(=O)O[C@H](COC(=O)CCCCCCCCCCCCCCCCCCC)COP(=O)(O)OC[C@@H](O)COP(=O)(O)OC[C@@H](COC(=O)CCCCCCCCCCCCCCC)OC(=O)CCCCCCC/C=C\C/C=C\CCCCC. The van der Waals surface area contributed by atoms with Crippen LogP contribution in [0.2, 0.25) is 0 Å². The summed E-state index contributed by atoms with van der Waals surface area (Å²) in [5.41, 5.74) is 0. The van der Waals surface area contributed by atoms with Crippen LogP contribution in [0.25, 0.3) is 0 Å². The lowest BCUT2D eigenvalue weighted by Gasteiger charge is -2.21. The van der Waals surface area contributed by atoms with Crippen LogP contribution >= 0.6 is 15.6 Å². The van der Waals surface area contributed by atoms with Crippen LogP contribution in [-0.4, -0.2) is 96.7 Å². The van der Waals surface area contributed by atoms with Gasteiger partial charge in [0.2, 0.25) is 0 Å². The second-order valence-corrected chi connectivity index (χ2v) is 30.6. The van der Waals surface area contributed by atoms with E-state index < -0.39 is 97.5 Å². The Morgan fingerprint density at radius 1 is 0.275 bits per heavy atom. The second-order valence-electron chi connectivity index (χ2n) is 27.7. The maximum Gasteiger partial charge on any atom is 0.472 e. The Labute approximate surface area is 622 Å². The number of rotatable bonds is 78. The molecule has 3 N–H and O–H groups in total. The summed E-state index contributed by atoms with van der Waals surface area (Å²) in [6.45, 7) is 4.82. The fourth-order valence-corrected chi connectivity index (χ4v) is 12.9. The first kappa shape index (κ1) is 98.5. The van der Waals surface area contributed by atoms with Crippen molar-refractivity contribution < 1.29 is 80.2 Å². The third kappa shape index (κ3) is 74.8. The van der Waals surface area contributed by atoms with Crippen LogP contribution in [0.3, 0.4) is 0 Å². The lowest BCUT2D eigenvalue weighted by molar-refractivity contribution is -0.161. The zero-order valence-corrected chi connectivity index (χ0v) is 66.8. The third-order valence-corrected chi connectivity index (χ3v) is 19.6. The molecule has 0 amide bonds. The molecule has 0 aliphatic heterocycles. The number of carbonyl (C=O) groups excluding carboxylic acids is 4. The number of hydrogen-bond acceptors (Lipinski definition) is 15. The zero-order valence-electron chi connectivity index (χ0n) is 65.0. The molecule has 102 heavy (non-hydrogen) atoms. The summed E-state index contributed by atoms with van der Waals surface area (Å²) in [6.07, 6.45) is 77.4. The van der Waals surface area contributed by atoms with Crippen molar-refractivity contribution in [3.63, 3.8) is 0 Å². The maximum atomic E-state index is 13.1. The van der Waals surface area contributed by atoms with Gasteiger partial charge in [-0.15, -0.1) is 0 Å². The number of phosphoric ester groups is 2. The van der Waals surface area contributed by atoms with Gasteiger partial charge in [0.25, 0.3) is 0 Å². The number of aliphatic hydroxyl groups excluding tert-OH is 1. The monoisotopic (exact) mass is 1480 g/mol. The Kier molecular flexibility index (Phi) is 73.1. The molecule has 17 nitrogen and oxygen atoms in total. The largest absolute Gasteiger partial charge is 0.472 e. The number of carbonyl (C=O) groups is 4. The first-order valence-corrected chi connectivity index (χ1v) is 44.2. The number of aliphatic hydroxyl groups is 1. The highest BCUT2D eigenvalue weighted by Crippen LogP contribution is 2.45. The highest BCUT2D eigenvalue weighted by Gasteiger charge is 2.30. The summed E-state index contributed by atoms with van der Waals surface area (Å²) < 4.78 is 68.6. The minimum atomic E-state index is -4.99. The summed E-state index contributed by atoms with van der Waals surface area (Å²) in [7, 11) is -9.96. The minimum absolute atomic E-state index is 0.0233. The van der Waals surface area contributed by atoms with E-state index in [1.807, 2.05) is 12.2 Å². The van der Waals surface area contributed by atoms with Crippen molar-refractivity contribution in [1.82, 2.24) is 0 Å². The topological polar surface area (TPSA) is 237 Å². The van der Waals surface area contributed by atoms with Gasteiger partial charge in [-0.05, 0) is 96.3 Å². The molecule has 0 aromatic carbocycles. The van der Waals surface area contributed by atoms with Crippen molar-refractivity contribution in [3.8, 4) is 0 Å². The van der Waals surface area contributed by atoms with Crippen molar-refractivity contribution in [1.29, 1.82) is 0 Å². The smallest absolute Gasteiger partial charge is 0.462 e. The van der Waals surface area contributed by atoms with E-state index in [0.717, 1.165) is 109 Å². The molecule has 0 aliphatic carbocycles. The maximum absolute atomic E-state index is 13.1. The van der Waals surface area contributed by atoms with E-state index in [-0.39, 0.29) is 25.7 Å². The van der Waals surface area contributed by atoms with Gasteiger partial charge in [-0.2, -0.15) is 0 Å². The van der Waals surface area contributed by atoms with Crippen LogP contribution in [0, 0.1) is 0 Å². The molecule has 0 aliphatic rings. The van der Waals surface area contributed by atoms with Crippen LogP contribution in [0.5, 0.6) is 0 Å². The highest BCUT2D eigenvalue weighted by atomic mass is 31.2. The standard InChI is InChI=1S/C83H150O17P2/c1-5-9-13-17-21-25-29-33-36-38-41-44-48-52-56-60-64-68-81(86)94-74-79(100-83(88)70-66-62-58-54-50-46-42-39-37-34-30-26-22-18-14-10-6-2)76-98-102(91,92)96-72-77(84)71-95-101(89,90)97-75-78(73-93-80(85)67-63-59-55-51-47-43-32-28-24-20-16-12-8-4)99-82(87)69-65-61-57-53-49-45-40-35-31-27-23-19-15-11-7-3/h22-23,26-27,34-35,37,40,42,46,54,58,77-79,84H,5-21,24-25,28-33,36,38-39,41,43-45,47-53,55-57,59-76H2,1-4H3,(H,89,90)(H,91,92)/b26-22-,27-23-,37-34-,40-35-,46-42-,58-54-/t77-,78+,79+/m0/s1. The Morgan fingerprint density at radius 3 is 0.794 bits per heavy atom. The van der Waals surface area contributed by atoms with E-state index in [1.165, 1.54) is 180 Å². The molecule has 594 valence electrons. The molecular formula is C83H150O17P2. The van der Waals surface area contributed by atoms with Gasteiger partial charge in [0.1, 0.15) is 19.3 Å². The number of unbranched alkanes of at least 4 members (excludes halogenated alkanes) is 40. The molecular weight excluding hydrogens is 1330 g/mol. The van der Waals surface area contributed by atoms with E-state index in [1.54, 1.807) is 0 Å². The van der Waals surface area contributed by atoms with E-state index in [9.17, 15) is 43.2 Å². The first-order valence-electron chi connectivity index (χ1n) is 41.2. The fraction of sp³-hybridized carbons (Fsp3) is 0.807. The second kappa shape index (κ2) is 75.7. The predicted octanol–water partition coefficient (Wildman–Crippen LogP) is 24.0. The molecule has 0 rings (SSSR count). The molecule has 0 fully saturated rings. The molecule has 19 heteroatoms. The lowest BCUT2D eigenvalue weighted by Crippen LogP contribution is -2.30. The molecule has 0 bridgehead atoms. The normalized spacial score (nSPS) is 14.2. The fourth-order valence-electron chi connectivity index (χ4n) is 11.4. The van der Waals surface area contributed by atoms with E-state index in [4.69, 9.17) is 37.0 Å². The Bertz CT molecular complexity index is 2210. The summed E-state index contributed by atoms with van der Waals surface area (Å²) in [5, 5.41) is 10.6. The quantitative estimate of drug-likeness (QED) is 0.0169. The third-order valence-electron chi connectivity index (χ3n) is 17.7. The molecule has 0 aromatic rings. The van der Waals surface area contributed by atoms with Crippen molar-refractivity contribution in [2.24, 2.45) is 0 Å². The Hall–Kier alpha value is -3.50. The predicted molar refractivity (Wildman–Crippen MR) is 418 cm³/mol. The Balaban J connectivity index is 5.38. The lowest BCUT2D eigenvalue weighted by atomic mass is 10.0. The summed E-state index contributed by atoms with van der Waals surface area (Å²) in [5.74, 6) is -2.22. The van der Waals surface area contributed by atoms with Gasteiger partial charge >= 0.3 is 39.5 Å². The van der Waals surface area contributed by atoms with Crippen LogP contribution in [0.4, 0.5) is 0 Å². The van der Waals surface area contributed by atoms with E-state index >= 15 is 0 Å².